The summed E-state index contributed by atoms with van der Waals surface area (Å²) in [5.41, 5.74) is 0. The summed E-state index contributed by atoms with van der Waals surface area (Å²) in [6.07, 6.45) is -1.19. The number of hydrogen-bond donors (Lipinski definition) is 1. The number of benzene rings is 1. The molecular weight excluding hydrogens is 240 g/mol. The van der Waals surface area contributed by atoms with Crippen molar-refractivity contribution < 1.29 is 19.4 Å². The Hall–Kier alpha value is -1.20. The summed E-state index contributed by atoms with van der Waals surface area (Å²) < 4.78 is 10.0. The summed E-state index contributed by atoms with van der Waals surface area (Å²) in [6.45, 7) is 1.69. The maximum atomic E-state index is 11.5. The van der Waals surface area contributed by atoms with Crippen molar-refractivity contribution in [3.05, 3.63) is 24.3 Å². The molecule has 3 atom stereocenters. The molecule has 1 aromatic carbocycles. The van der Waals surface area contributed by atoms with E-state index < -0.39 is 17.5 Å². The molecule has 1 aromatic rings. The van der Waals surface area contributed by atoms with Gasteiger partial charge in [-0.2, -0.15) is 0 Å². The van der Waals surface area contributed by atoms with E-state index in [9.17, 15) is 9.90 Å². The number of cyclic esters (lactones) is 1. The minimum Gasteiger partial charge on any atom is -0.497 e. The van der Waals surface area contributed by atoms with Gasteiger partial charge in [-0.15, -0.1) is 11.8 Å². The fourth-order valence-corrected chi connectivity index (χ4v) is 2.72. The Morgan fingerprint density at radius 3 is 2.47 bits per heavy atom. The fraction of sp³-hybridized carbons (Fsp3) is 0.417. The van der Waals surface area contributed by atoms with Crippen LogP contribution in [-0.2, 0) is 9.53 Å². The topological polar surface area (TPSA) is 55.8 Å². The first-order valence-corrected chi connectivity index (χ1v) is 6.19. The average molecular weight is 254 g/mol. The highest BCUT2D eigenvalue weighted by molar-refractivity contribution is 8.00. The third-order valence-corrected chi connectivity index (χ3v) is 3.92. The number of thioether (sulfide) groups is 1. The molecule has 17 heavy (non-hydrogen) atoms. The van der Waals surface area contributed by atoms with Crippen molar-refractivity contribution >= 4 is 17.7 Å². The van der Waals surface area contributed by atoms with Crippen LogP contribution < -0.4 is 4.74 Å². The van der Waals surface area contributed by atoms with Crippen LogP contribution >= 0.6 is 11.8 Å². The molecule has 4 nitrogen and oxygen atoms in total. The lowest BCUT2D eigenvalue weighted by Gasteiger charge is -2.11. The third-order valence-electron chi connectivity index (χ3n) is 2.65. The first-order valence-electron chi connectivity index (χ1n) is 5.31. The molecule has 92 valence electrons. The molecule has 0 amide bonds. The number of hydrogen-bond acceptors (Lipinski definition) is 5. The second kappa shape index (κ2) is 4.98. The Morgan fingerprint density at radius 2 is 2.00 bits per heavy atom. The van der Waals surface area contributed by atoms with Gasteiger partial charge in [0.2, 0.25) is 0 Å². The van der Waals surface area contributed by atoms with Crippen LogP contribution in [0.25, 0.3) is 0 Å². The van der Waals surface area contributed by atoms with E-state index in [-0.39, 0.29) is 5.97 Å². The molecule has 0 saturated carbocycles. The first-order chi connectivity index (χ1) is 8.11. The SMILES string of the molecule is COc1ccc(S[C@H]2C(=O)O[C@@H](C)[C@H]2O)cc1. The van der Waals surface area contributed by atoms with Crippen molar-refractivity contribution in [1.82, 2.24) is 0 Å². The molecule has 0 radical (unpaired) electrons. The molecule has 1 fully saturated rings. The van der Waals surface area contributed by atoms with E-state index in [4.69, 9.17) is 9.47 Å². The Kier molecular flexibility index (Phi) is 3.59. The van der Waals surface area contributed by atoms with Crippen LogP contribution in [0.3, 0.4) is 0 Å². The van der Waals surface area contributed by atoms with Crippen molar-refractivity contribution in [3.63, 3.8) is 0 Å². The average Bonchev–Trinajstić information content (AvgIpc) is 2.57. The maximum absolute atomic E-state index is 11.5. The Morgan fingerprint density at radius 1 is 1.35 bits per heavy atom. The number of carbonyl (C=O) groups is 1. The Labute approximate surface area is 104 Å². The largest absolute Gasteiger partial charge is 0.497 e. The van der Waals surface area contributed by atoms with E-state index >= 15 is 0 Å². The lowest BCUT2D eigenvalue weighted by molar-refractivity contribution is -0.140. The number of rotatable bonds is 3. The molecule has 0 aromatic heterocycles. The van der Waals surface area contributed by atoms with Gasteiger partial charge in [0, 0.05) is 4.90 Å². The molecule has 1 heterocycles. The molecule has 0 bridgehead atoms. The Bertz CT molecular complexity index is 403. The molecule has 5 heteroatoms. The first kappa shape index (κ1) is 12.3. The van der Waals surface area contributed by atoms with E-state index in [1.54, 1.807) is 14.0 Å². The number of ether oxygens (including phenoxy) is 2. The monoisotopic (exact) mass is 254 g/mol. The van der Waals surface area contributed by atoms with Crippen molar-refractivity contribution in [1.29, 1.82) is 0 Å². The molecule has 0 unspecified atom stereocenters. The van der Waals surface area contributed by atoms with Gasteiger partial charge in [0.1, 0.15) is 23.2 Å². The molecule has 1 aliphatic heterocycles. The van der Waals surface area contributed by atoms with Crippen LogP contribution in [0.2, 0.25) is 0 Å². The predicted molar refractivity (Wildman–Crippen MR) is 64.2 cm³/mol. The van der Waals surface area contributed by atoms with Gasteiger partial charge in [0.15, 0.2) is 0 Å². The zero-order valence-corrected chi connectivity index (χ0v) is 10.4. The van der Waals surface area contributed by atoms with E-state index in [1.165, 1.54) is 11.8 Å². The van der Waals surface area contributed by atoms with E-state index in [2.05, 4.69) is 0 Å². The summed E-state index contributed by atoms with van der Waals surface area (Å²) in [4.78, 5) is 12.4. The van der Waals surface area contributed by atoms with Gasteiger partial charge in [-0.25, -0.2) is 0 Å². The molecule has 1 aliphatic rings. The highest BCUT2D eigenvalue weighted by Gasteiger charge is 2.41. The van der Waals surface area contributed by atoms with Crippen molar-refractivity contribution in [2.75, 3.05) is 7.11 Å². The van der Waals surface area contributed by atoms with Gasteiger partial charge < -0.3 is 14.6 Å². The standard InChI is InChI=1S/C12H14O4S/c1-7-10(13)11(12(14)16-7)17-9-5-3-8(15-2)4-6-9/h3-7,10-11,13H,1-2H3/t7-,10+,11+/m0/s1. The number of aliphatic hydroxyl groups is 1. The van der Waals surface area contributed by atoms with Gasteiger partial charge in [-0.05, 0) is 31.2 Å². The summed E-state index contributed by atoms with van der Waals surface area (Å²) in [6, 6.07) is 7.34. The second-order valence-corrected chi connectivity index (χ2v) is 5.06. The van der Waals surface area contributed by atoms with E-state index in [0.717, 1.165) is 10.6 Å². The van der Waals surface area contributed by atoms with Crippen LogP contribution in [0.5, 0.6) is 5.75 Å². The molecule has 1 saturated heterocycles. The lowest BCUT2D eigenvalue weighted by atomic mass is 10.2. The van der Waals surface area contributed by atoms with Crippen LogP contribution in [0.4, 0.5) is 0 Å². The van der Waals surface area contributed by atoms with Crippen LogP contribution in [0, 0.1) is 0 Å². The van der Waals surface area contributed by atoms with E-state index in [0.29, 0.717) is 0 Å². The highest BCUT2D eigenvalue weighted by atomic mass is 32.2. The summed E-state index contributed by atoms with van der Waals surface area (Å²) >= 11 is 1.31. The molecular formula is C12H14O4S. The predicted octanol–water partition coefficient (Wildman–Crippen LogP) is 1.46. The third kappa shape index (κ3) is 2.56. The van der Waals surface area contributed by atoms with Crippen LogP contribution in [-0.4, -0.2) is 35.6 Å². The minimum absolute atomic E-state index is 0.356. The maximum Gasteiger partial charge on any atom is 0.322 e. The normalized spacial score (nSPS) is 27.9. The van der Waals surface area contributed by atoms with Crippen molar-refractivity contribution in [2.24, 2.45) is 0 Å². The van der Waals surface area contributed by atoms with E-state index in [1.807, 2.05) is 24.3 Å². The van der Waals surface area contributed by atoms with Gasteiger partial charge >= 0.3 is 5.97 Å². The summed E-state index contributed by atoms with van der Waals surface area (Å²) in [7, 11) is 1.60. The van der Waals surface area contributed by atoms with Crippen LogP contribution in [0.1, 0.15) is 6.92 Å². The smallest absolute Gasteiger partial charge is 0.322 e. The quantitative estimate of drug-likeness (QED) is 0.828. The van der Waals surface area contributed by atoms with Gasteiger partial charge in [-0.3, -0.25) is 4.79 Å². The fourth-order valence-electron chi connectivity index (χ4n) is 1.62. The lowest BCUT2D eigenvalue weighted by Crippen LogP contribution is -2.26. The number of aliphatic hydroxyl groups excluding tert-OH is 1. The van der Waals surface area contributed by atoms with Gasteiger partial charge in [-0.1, -0.05) is 0 Å². The van der Waals surface area contributed by atoms with Gasteiger partial charge in [0.05, 0.1) is 7.11 Å². The number of esters is 1. The minimum atomic E-state index is -0.755. The van der Waals surface area contributed by atoms with Crippen molar-refractivity contribution in [3.8, 4) is 5.75 Å². The Balaban J connectivity index is 2.07. The molecule has 0 spiro atoms. The summed E-state index contributed by atoms with van der Waals surface area (Å²) in [5.74, 6) is 0.406. The zero-order chi connectivity index (χ0) is 12.4. The van der Waals surface area contributed by atoms with Gasteiger partial charge in [0.25, 0.3) is 0 Å². The number of carbonyl (C=O) groups excluding carboxylic acids is 1. The van der Waals surface area contributed by atoms with Crippen LogP contribution in [0.15, 0.2) is 29.2 Å². The van der Waals surface area contributed by atoms with Crippen molar-refractivity contribution in [2.45, 2.75) is 29.3 Å². The zero-order valence-electron chi connectivity index (χ0n) is 9.62. The molecule has 0 aliphatic carbocycles. The second-order valence-electron chi connectivity index (χ2n) is 3.85. The number of methoxy groups -OCH3 is 1. The highest BCUT2D eigenvalue weighted by Crippen LogP contribution is 2.33. The molecule has 1 N–H and O–H groups in total. The summed E-state index contributed by atoms with van der Waals surface area (Å²) in [5, 5.41) is 9.26. The molecule has 2 rings (SSSR count).